The lowest BCUT2D eigenvalue weighted by Gasteiger charge is -2.35. The fourth-order valence-corrected chi connectivity index (χ4v) is 5.40. The molecule has 0 aromatic carbocycles. The van der Waals surface area contributed by atoms with Crippen molar-refractivity contribution in [2.75, 3.05) is 21.3 Å². The lowest BCUT2D eigenvalue weighted by Crippen LogP contribution is -2.50. The number of hydrogen-bond donors (Lipinski definition) is 1. The molecule has 0 amide bonds. The lowest BCUT2D eigenvalue weighted by molar-refractivity contribution is 0.111. The second kappa shape index (κ2) is 14.5. The Morgan fingerprint density at radius 3 is 1.62 bits per heavy atom. The summed E-state index contributed by atoms with van der Waals surface area (Å²) in [7, 11) is 2.47. The standard InChI is InChI=1S/C18H41NO3Si.ClH/c1-7-8-9-10-11-12-13-14-15-17(18(2,3)19)16-23(20-4,21-5)22-6;/h17H,7-16,19H2,1-6H3;1H. The minimum atomic E-state index is -2.56. The van der Waals surface area contributed by atoms with Crippen LogP contribution in [0.3, 0.4) is 0 Å². The molecular weight excluding hydrogens is 342 g/mol. The summed E-state index contributed by atoms with van der Waals surface area (Å²) in [5.41, 5.74) is 6.16. The summed E-state index contributed by atoms with van der Waals surface area (Å²) >= 11 is 0. The summed E-state index contributed by atoms with van der Waals surface area (Å²) in [6, 6.07) is 0.788. The van der Waals surface area contributed by atoms with Gasteiger partial charge >= 0.3 is 8.80 Å². The van der Waals surface area contributed by atoms with Gasteiger partial charge in [0.05, 0.1) is 0 Å². The molecule has 0 radical (unpaired) electrons. The molecule has 0 aromatic rings. The minimum absolute atomic E-state index is 0. The molecule has 0 saturated carbocycles. The topological polar surface area (TPSA) is 53.7 Å². The molecule has 0 fully saturated rings. The van der Waals surface area contributed by atoms with Crippen LogP contribution in [0.15, 0.2) is 0 Å². The average molecular weight is 384 g/mol. The Morgan fingerprint density at radius 1 is 0.833 bits per heavy atom. The fraction of sp³-hybridized carbons (Fsp3) is 1.00. The summed E-state index contributed by atoms with van der Waals surface area (Å²) in [4.78, 5) is 0. The van der Waals surface area contributed by atoms with Crippen molar-refractivity contribution in [3.63, 3.8) is 0 Å². The number of nitrogens with two attached hydrogens (primary N) is 1. The predicted molar refractivity (Wildman–Crippen MR) is 108 cm³/mol. The molecule has 1 atom stereocenters. The van der Waals surface area contributed by atoms with Crippen molar-refractivity contribution in [3.8, 4) is 0 Å². The van der Waals surface area contributed by atoms with Crippen molar-refractivity contribution in [2.45, 2.75) is 90.1 Å². The Hall–Kier alpha value is 0.347. The highest BCUT2D eigenvalue weighted by atomic mass is 35.5. The van der Waals surface area contributed by atoms with Crippen LogP contribution in [0.1, 0.15) is 78.6 Å². The second-order valence-corrected chi connectivity index (χ2v) is 10.3. The van der Waals surface area contributed by atoms with Crippen LogP contribution in [0.4, 0.5) is 0 Å². The summed E-state index contributed by atoms with van der Waals surface area (Å²) in [5, 5.41) is 0. The first-order chi connectivity index (χ1) is 10.8. The highest BCUT2D eigenvalue weighted by molar-refractivity contribution is 6.60. The molecule has 0 heterocycles. The van der Waals surface area contributed by atoms with Crippen LogP contribution in [0, 0.1) is 5.92 Å². The van der Waals surface area contributed by atoms with E-state index in [-0.39, 0.29) is 17.9 Å². The molecule has 0 spiro atoms. The van der Waals surface area contributed by atoms with Gasteiger partial charge in [-0.3, -0.25) is 0 Å². The highest BCUT2D eigenvalue weighted by Gasteiger charge is 2.43. The van der Waals surface area contributed by atoms with Crippen LogP contribution in [0.5, 0.6) is 0 Å². The van der Waals surface area contributed by atoms with Gasteiger partial charge in [-0.2, -0.15) is 0 Å². The summed E-state index contributed by atoms with van der Waals surface area (Å²) in [5.74, 6) is 0.356. The van der Waals surface area contributed by atoms with Gasteiger partial charge in [-0.1, -0.05) is 58.3 Å². The maximum Gasteiger partial charge on any atom is 0.500 e. The van der Waals surface area contributed by atoms with Crippen molar-refractivity contribution in [1.82, 2.24) is 0 Å². The van der Waals surface area contributed by atoms with Crippen LogP contribution in [0.25, 0.3) is 0 Å². The predicted octanol–water partition coefficient (Wildman–Crippen LogP) is 5.17. The Morgan fingerprint density at radius 2 is 1.25 bits per heavy atom. The van der Waals surface area contributed by atoms with E-state index in [0.29, 0.717) is 5.92 Å². The number of unbranched alkanes of at least 4 members (excludes halogenated alkanes) is 7. The van der Waals surface area contributed by atoms with Gasteiger partial charge in [-0.15, -0.1) is 12.4 Å². The van der Waals surface area contributed by atoms with E-state index in [1.54, 1.807) is 21.3 Å². The van der Waals surface area contributed by atoms with Gasteiger partial charge in [0.25, 0.3) is 0 Å². The van der Waals surface area contributed by atoms with E-state index in [0.717, 1.165) is 12.5 Å². The largest absolute Gasteiger partial charge is 0.500 e. The van der Waals surface area contributed by atoms with E-state index in [4.69, 9.17) is 19.0 Å². The first-order valence-corrected chi connectivity index (χ1v) is 11.2. The Kier molecular flexibility index (Phi) is 16.1. The van der Waals surface area contributed by atoms with Crippen molar-refractivity contribution < 1.29 is 13.3 Å². The SMILES string of the molecule is CCCCCCCCCCC(C[Si](OC)(OC)OC)C(C)(C)N.Cl. The molecule has 4 nitrogen and oxygen atoms in total. The molecule has 148 valence electrons. The summed E-state index contributed by atoms with van der Waals surface area (Å²) < 4.78 is 16.7. The maximum absolute atomic E-state index is 6.40. The number of halogens is 1. The van der Waals surface area contributed by atoms with Crippen molar-refractivity contribution in [1.29, 1.82) is 0 Å². The average Bonchev–Trinajstić information content (AvgIpc) is 2.52. The van der Waals surface area contributed by atoms with Crippen LogP contribution in [0.2, 0.25) is 6.04 Å². The van der Waals surface area contributed by atoms with Gasteiger partial charge in [0.15, 0.2) is 0 Å². The minimum Gasteiger partial charge on any atom is -0.377 e. The summed E-state index contributed by atoms with van der Waals surface area (Å²) in [6.07, 6.45) is 11.8. The van der Waals surface area contributed by atoms with Gasteiger partial charge < -0.3 is 19.0 Å². The number of rotatable bonds is 15. The molecule has 24 heavy (non-hydrogen) atoms. The van der Waals surface area contributed by atoms with Crippen LogP contribution >= 0.6 is 12.4 Å². The van der Waals surface area contributed by atoms with Gasteiger partial charge in [0.2, 0.25) is 0 Å². The third kappa shape index (κ3) is 11.1. The molecular formula is C18H42ClNO3Si. The van der Waals surface area contributed by atoms with E-state index < -0.39 is 8.80 Å². The summed E-state index contributed by atoms with van der Waals surface area (Å²) in [6.45, 7) is 6.46. The smallest absolute Gasteiger partial charge is 0.377 e. The van der Waals surface area contributed by atoms with E-state index >= 15 is 0 Å². The first-order valence-electron chi connectivity index (χ1n) is 9.29. The van der Waals surface area contributed by atoms with E-state index in [9.17, 15) is 0 Å². The Labute approximate surface area is 158 Å². The van der Waals surface area contributed by atoms with Crippen molar-refractivity contribution >= 4 is 21.2 Å². The molecule has 0 aromatic heterocycles. The molecule has 0 rings (SSSR count). The monoisotopic (exact) mass is 383 g/mol. The van der Waals surface area contributed by atoms with Crippen LogP contribution < -0.4 is 5.73 Å². The Bertz CT molecular complexity index is 276. The van der Waals surface area contributed by atoms with Crippen molar-refractivity contribution in [2.24, 2.45) is 11.7 Å². The molecule has 0 aliphatic heterocycles. The highest BCUT2D eigenvalue weighted by Crippen LogP contribution is 2.31. The van der Waals surface area contributed by atoms with E-state index in [1.807, 2.05) is 0 Å². The maximum atomic E-state index is 6.40. The van der Waals surface area contributed by atoms with Crippen molar-refractivity contribution in [3.05, 3.63) is 0 Å². The lowest BCUT2D eigenvalue weighted by atomic mass is 9.85. The zero-order valence-electron chi connectivity index (χ0n) is 16.9. The molecule has 0 aliphatic rings. The van der Waals surface area contributed by atoms with Crippen LogP contribution in [-0.2, 0) is 13.3 Å². The van der Waals surface area contributed by atoms with E-state index in [1.165, 1.54) is 51.4 Å². The molecule has 0 bridgehead atoms. The van der Waals surface area contributed by atoms with Crippen LogP contribution in [-0.4, -0.2) is 35.7 Å². The molecule has 2 N–H and O–H groups in total. The number of hydrogen-bond acceptors (Lipinski definition) is 4. The van der Waals surface area contributed by atoms with Gasteiger partial charge in [0.1, 0.15) is 0 Å². The zero-order valence-corrected chi connectivity index (χ0v) is 18.7. The second-order valence-electron chi connectivity index (χ2n) is 7.28. The molecule has 6 heteroatoms. The molecule has 1 unspecified atom stereocenters. The van der Waals surface area contributed by atoms with Gasteiger partial charge in [0, 0.05) is 32.9 Å². The Balaban J connectivity index is 0. The normalized spacial score (nSPS) is 13.6. The quantitative estimate of drug-likeness (QED) is 0.313. The first kappa shape index (κ1) is 26.6. The third-order valence-corrected chi connectivity index (χ3v) is 7.75. The van der Waals surface area contributed by atoms with E-state index in [2.05, 4.69) is 20.8 Å². The molecule has 0 aliphatic carbocycles. The van der Waals surface area contributed by atoms with Gasteiger partial charge in [-0.05, 0) is 26.2 Å². The van der Waals surface area contributed by atoms with Gasteiger partial charge in [-0.25, -0.2) is 0 Å². The zero-order chi connectivity index (χ0) is 17.8. The fourth-order valence-electron chi connectivity index (χ4n) is 3.06. The molecule has 0 saturated heterocycles. The third-order valence-electron chi connectivity index (χ3n) is 4.89.